The Labute approximate surface area is 128 Å². The highest BCUT2D eigenvalue weighted by molar-refractivity contribution is 7.17. The molecule has 1 N–H and O–H groups in total. The van der Waals surface area contributed by atoms with Crippen LogP contribution in [-0.2, 0) is 6.42 Å². The lowest BCUT2D eigenvalue weighted by Gasteiger charge is -2.15. The zero-order chi connectivity index (χ0) is 14.8. The second-order valence-electron chi connectivity index (χ2n) is 5.22. The molecule has 0 amide bonds. The van der Waals surface area contributed by atoms with Crippen molar-refractivity contribution in [1.29, 1.82) is 0 Å². The summed E-state index contributed by atoms with van der Waals surface area (Å²) >= 11 is 1.72. The van der Waals surface area contributed by atoms with Gasteiger partial charge in [-0.1, -0.05) is 29.8 Å². The Balaban J connectivity index is 1.93. The van der Waals surface area contributed by atoms with Crippen LogP contribution in [0.4, 0.5) is 0 Å². The molecule has 3 aromatic rings. The lowest BCUT2D eigenvalue weighted by Crippen LogP contribution is -2.04. The van der Waals surface area contributed by atoms with E-state index in [0.717, 1.165) is 16.9 Å². The summed E-state index contributed by atoms with van der Waals surface area (Å²) in [5.74, 6) is 0.743. The van der Waals surface area contributed by atoms with Crippen molar-refractivity contribution in [3.63, 3.8) is 0 Å². The molecule has 0 spiro atoms. The molecule has 0 radical (unpaired) electrons. The third-order valence-electron chi connectivity index (χ3n) is 3.72. The summed E-state index contributed by atoms with van der Waals surface area (Å²) in [6, 6.07) is 14.2. The van der Waals surface area contributed by atoms with Gasteiger partial charge in [0.05, 0.1) is 13.2 Å². The molecule has 1 unspecified atom stereocenters. The van der Waals surface area contributed by atoms with Crippen molar-refractivity contribution < 1.29 is 9.84 Å². The van der Waals surface area contributed by atoms with Crippen LogP contribution in [0.3, 0.4) is 0 Å². The van der Waals surface area contributed by atoms with Crippen LogP contribution in [0.1, 0.15) is 22.8 Å². The topological polar surface area (TPSA) is 29.5 Å². The van der Waals surface area contributed by atoms with Gasteiger partial charge in [-0.05, 0) is 41.5 Å². The van der Waals surface area contributed by atoms with Gasteiger partial charge in [0.2, 0.25) is 0 Å². The summed E-state index contributed by atoms with van der Waals surface area (Å²) in [5.41, 5.74) is 3.17. The van der Waals surface area contributed by atoms with Gasteiger partial charge in [-0.15, -0.1) is 11.3 Å². The van der Waals surface area contributed by atoms with E-state index in [-0.39, 0.29) is 0 Å². The Morgan fingerprint density at radius 1 is 1.19 bits per heavy atom. The number of aliphatic hydroxyl groups excluding tert-OH is 1. The third kappa shape index (κ3) is 2.80. The average Bonchev–Trinajstić information content (AvgIpc) is 2.90. The van der Waals surface area contributed by atoms with Crippen LogP contribution in [0.25, 0.3) is 10.1 Å². The second kappa shape index (κ2) is 5.88. The molecule has 1 atom stereocenters. The van der Waals surface area contributed by atoms with Gasteiger partial charge >= 0.3 is 0 Å². The van der Waals surface area contributed by atoms with Crippen LogP contribution in [0.2, 0.25) is 0 Å². The van der Waals surface area contributed by atoms with Crippen LogP contribution in [0.5, 0.6) is 5.75 Å². The molecular formula is C18H18O2S. The average molecular weight is 298 g/mol. The van der Waals surface area contributed by atoms with E-state index in [1.807, 2.05) is 37.3 Å². The summed E-state index contributed by atoms with van der Waals surface area (Å²) in [6.45, 7) is 2.02. The quantitative estimate of drug-likeness (QED) is 0.768. The standard InChI is InChI=1S/C18H18O2S/c1-12-7-8-17(20-2)15(9-12)16(19)10-13-11-21-18-6-4-3-5-14(13)18/h3-9,11,16,19H,10H2,1-2H3. The van der Waals surface area contributed by atoms with E-state index in [1.165, 1.54) is 15.6 Å². The number of hydrogen-bond acceptors (Lipinski definition) is 3. The lowest BCUT2D eigenvalue weighted by atomic mass is 9.99. The van der Waals surface area contributed by atoms with Crippen molar-refractivity contribution in [1.82, 2.24) is 0 Å². The molecule has 3 rings (SSSR count). The van der Waals surface area contributed by atoms with Crippen LogP contribution in [0, 0.1) is 6.92 Å². The first kappa shape index (κ1) is 14.1. The maximum atomic E-state index is 10.6. The van der Waals surface area contributed by atoms with Gasteiger partial charge in [0.15, 0.2) is 0 Å². The van der Waals surface area contributed by atoms with Gasteiger partial charge in [0, 0.05) is 16.7 Å². The Kier molecular flexibility index (Phi) is 3.95. The van der Waals surface area contributed by atoms with Gasteiger partial charge in [0.1, 0.15) is 5.75 Å². The number of rotatable bonds is 4. The summed E-state index contributed by atoms with van der Waals surface area (Å²) in [5, 5.41) is 14.0. The summed E-state index contributed by atoms with van der Waals surface area (Å²) < 4.78 is 6.63. The second-order valence-corrected chi connectivity index (χ2v) is 6.13. The minimum atomic E-state index is -0.558. The minimum absolute atomic E-state index is 0.558. The number of ether oxygens (including phenoxy) is 1. The maximum absolute atomic E-state index is 10.6. The minimum Gasteiger partial charge on any atom is -0.496 e. The molecule has 0 saturated carbocycles. The van der Waals surface area contributed by atoms with E-state index in [9.17, 15) is 5.11 Å². The number of benzene rings is 2. The van der Waals surface area contributed by atoms with Crippen molar-refractivity contribution in [2.75, 3.05) is 7.11 Å². The van der Waals surface area contributed by atoms with Crippen molar-refractivity contribution >= 4 is 21.4 Å². The predicted octanol–water partition coefficient (Wildman–Crippen LogP) is 4.49. The Morgan fingerprint density at radius 3 is 2.81 bits per heavy atom. The fraction of sp³-hybridized carbons (Fsp3) is 0.222. The maximum Gasteiger partial charge on any atom is 0.124 e. The van der Waals surface area contributed by atoms with E-state index in [1.54, 1.807) is 18.4 Å². The van der Waals surface area contributed by atoms with Crippen LogP contribution in [-0.4, -0.2) is 12.2 Å². The Bertz CT molecular complexity index is 761. The summed E-state index contributed by atoms with van der Waals surface area (Å²) in [6.07, 6.45) is 0.0435. The van der Waals surface area contributed by atoms with E-state index in [4.69, 9.17) is 4.74 Å². The fourth-order valence-electron chi connectivity index (χ4n) is 2.62. The fourth-order valence-corrected chi connectivity index (χ4v) is 3.60. The first-order valence-corrected chi connectivity index (χ1v) is 7.84. The Hall–Kier alpha value is -1.84. The van der Waals surface area contributed by atoms with E-state index in [2.05, 4.69) is 17.5 Å². The molecule has 108 valence electrons. The number of aliphatic hydroxyl groups is 1. The van der Waals surface area contributed by atoms with Crippen molar-refractivity contribution in [2.24, 2.45) is 0 Å². The van der Waals surface area contributed by atoms with Gasteiger partial charge in [-0.3, -0.25) is 0 Å². The van der Waals surface area contributed by atoms with E-state index in [0.29, 0.717) is 6.42 Å². The van der Waals surface area contributed by atoms with Crippen LogP contribution in [0.15, 0.2) is 47.8 Å². The molecule has 0 bridgehead atoms. The van der Waals surface area contributed by atoms with Gasteiger partial charge in [-0.25, -0.2) is 0 Å². The van der Waals surface area contributed by atoms with E-state index >= 15 is 0 Å². The summed E-state index contributed by atoms with van der Waals surface area (Å²) in [4.78, 5) is 0. The highest BCUT2D eigenvalue weighted by Gasteiger charge is 2.16. The predicted molar refractivity (Wildman–Crippen MR) is 88.2 cm³/mol. The molecule has 0 aliphatic carbocycles. The third-order valence-corrected chi connectivity index (χ3v) is 4.73. The molecule has 2 aromatic carbocycles. The lowest BCUT2D eigenvalue weighted by molar-refractivity contribution is 0.174. The molecule has 1 heterocycles. The highest BCUT2D eigenvalue weighted by atomic mass is 32.1. The molecule has 3 heteroatoms. The number of hydrogen-bond donors (Lipinski definition) is 1. The first-order valence-electron chi connectivity index (χ1n) is 6.96. The van der Waals surface area contributed by atoms with Crippen molar-refractivity contribution in [2.45, 2.75) is 19.4 Å². The zero-order valence-corrected chi connectivity index (χ0v) is 13.0. The van der Waals surface area contributed by atoms with Crippen molar-refractivity contribution in [3.05, 3.63) is 64.5 Å². The number of thiophene rings is 1. The molecule has 0 aliphatic heterocycles. The van der Waals surface area contributed by atoms with Gasteiger partial charge in [-0.2, -0.15) is 0 Å². The highest BCUT2D eigenvalue weighted by Crippen LogP contribution is 2.32. The van der Waals surface area contributed by atoms with Crippen molar-refractivity contribution in [3.8, 4) is 5.75 Å². The molecule has 0 saturated heterocycles. The largest absolute Gasteiger partial charge is 0.496 e. The molecule has 0 fully saturated rings. The molecule has 2 nitrogen and oxygen atoms in total. The molecule has 21 heavy (non-hydrogen) atoms. The normalized spacial score (nSPS) is 12.5. The smallest absolute Gasteiger partial charge is 0.124 e. The molecule has 1 aromatic heterocycles. The number of fused-ring (bicyclic) bond motifs is 1. The Morgan fingerprint density at radius 2 is 2.00 bits per heavy atom. The van der Waals surface area contributed by atoms with Crippen LogP contribution < -0.4 is 4.74 Å². The monoisotopic (exact) mass is 298 g/mol. The molecule has 0 aliphatic rings. The van der Waals surface area contributed by atoms with Crippen LogP contribution >= 0.6 is 11.3 Å². The zero-order valence-electron chi connectivity index (χ0n) is 12.2. The number of aryl methyl sites for hydroxylation is 1. The first-order chi connectivity index (χ1) is 10.2. The van der Waals surface area contributed by atoms with Gasteiger partial charge < -0.3 is 9.84 Å². The number of methoxy groups -OCH3 is 1. The SMILES string of the molecule is COc1ccc(C)cc1C(O)Cc1csc2ccccc12. The van der Waals surface area contributed by atoms with E-state index < -0.39 is 6.10 Å². The molecular weight excluding hydrogens is 280 g/mol. The van der Waals surface area contributed by atoms with Gasteiger partial charge in [0.25, 0.3) is 0 Å². The summed E-state index contributed by atoms with van der Waals surface area (Å²) in [7, 11) is 1.64.